The zero-order valence-corrected chi connectivity index (χ0v) is 21.5. The number of esters is 1. The number of nitrogens with two attached hydrogens (primary N) is 1. The first kappa shape index (κ1) is 26.1. The lowest BCUT2D eigenvalue weighted by atomic mass is 9.83. The standard InChI is InChI=1S/C29H31NO5S/c1-19-9-7-8-12-22(19)24-17-21(27-34-18-25(35-27)20-10-5-4-6-11-20)13-14-23(24)26(31)29(30,15-16-36-3)28(32)33-2/h4-14,17,25,27H,15-16,18,30H2,1-3H3/t25?,27?,29-/m1/s1. The molecular formula is C29H31NO5S. The molecule has 1 aliphatic heterocycles. The molecule has 2 unspecified atom stereocenters. The van der Waals surface area contributed by atoms with Gasteiger partial charge in [-0.1, -0.05) is 66.7 Å². The molecule has 3 atom stereocenters. The fourth-order valence-corrected chi connectivity index (χ4v) is 4.94. The summed E-state index contributed by atoms with van der Waals surface area (Å²) in [4.78, 5) is 26.5. The summed E-state index contributed by atoms with van der Waals surface area (Å²) < 4.78 is 17.2. The van der Waals surface area contributed by atoms with Crippen LogP contribution in [-0.2, 0) is 19.0 Å². The van der Waals surface area contributed by atoms with E-state index in [-0.39, 0.29) is 12.5 Å². The summed E-state index contributed by atoms with van der Waals surface area (Å²) in [6.45, 7) is 2.41. The molecule has 0 saturated carbocycles. The topological polar surface area (TPSA) is 87.9 Å². The highest BCUT2D eigenvalue weighted by Gasteiger charge is 2.44. The van der Waals surface area contributed by atoms with Crippen LogP contribution in [0.3, 0.4) is 0 Å². The summed E-state index contributed by atoms with van der Waals surface area (Å²) in [5, 5.41) is 0. The van der Waals surface area contributed by atoms with Gasteiger partial charge in [-0.25, -0.2) is 4.79 Å². The molecule has 0 aromatic heterocycles. The quantitative estimate of drug-likeness (QED) is 0.241. The lowest BCUT2D eigenvalue weighted by molar-refractivity contribution is -0.145. The van der Waals surface area contributed by atoms with Gasteiger partial charge in [0.25, 0.3) is 0 Å². The molecule has 0 spiro atoms. The van der Waals surface area contributed by atoms with Gasteiger partial charge in [0.15, 0.2) is 17.6 Å². The minimum absolute atomic E-state index is 0.169. The summed E-state index contributed by atoms with van der Waals surface area (Å²) >= 11 is 1.52. The molecule has 1 fully saturated rings. The van der Waals surface area contributed by atoms with E-state index < -0.39 is 23.6 Å². The van der Waals surface area contributed by atoms with Crippen molar-refractivity contribution in [2.45, 2.75) is 31.3 Å². The molecule has 0 radical (unpaired) electrons. The first-order valence-corrected chi connectivity index (χ1v) is 13.2. The second-order valence-corrected chi connectivity index (χ2v) is 9.84. The number of thioether (sulfide) groups is 1. The monoisotopic (exact) mass is 505 g/mol. The van der Waals surface area contributed by atoms with Crippen molar-refractivity contribution >= 4 is 23.5 Å². The molecule has 0 bridgehead atoms. The molecule has 0 aliphatic carbocycles. The fourth-order valence-electron chi connectivity index (χ4n) is 4.42. The van der Waals surface area contributed by atoms with Gasteiger partial charge in [-0.2, -0.15) is 11.8 Å². The molecule has 3 aromatic carbocycles. The van der Waals surface area contributed by atoms with Crippen LogP contribution in [0.4, 0.5) is 0 Å². The second kappa shape index (κ2) is 11.4. The Labute approximate surface area is 216 Å². The normalized spacial score (nSPS) is 19.0. The van der Waals surface area contributed by atoms with Gasteiger partial charge in [-0.3, -0.25) is 4.79 Å². The molecule has 36 heavy (non-hydrogen) atoms. The van der Waals surface area contributed by atoms with E-state index in [2.05, 4.69) is 0 Å². The number of hydrogen-bond donors (Lipinski definition) is 1. The zero-order valence-electron chi connectivity index (χ0n) is 20.7. The summed E-state index contributed by atoms with van der Waals surface area (Å²) in [6, 6.07) is 23.1. The molecule has 7 heteroatoms. The van der Waals surface area contributed by atoms with Gasteiger partial charge in [0, 0.05) is 11.1 Å². The van der Waals surface area contributed by atoms with Gasteiger partial charge < -0.3 is 19.9 Å². The first-order chi connectivity index (χ1) is 17.4. The van der Waals surface area contributed by atoms with Crippen molar-refractivity contribution in [1.29, 1.82) is 0 Å². The van der Waals surface area contributed by atoms with Crippen molar-refractivity contribution in [3.63, 3.8) is 0 Å². The lowest BCUT2D eigenvalue weighted by Gasteiger charge is -2.26. The van der Waals surface area contributed by atoms with E-state index in [1.807, 2.05) is 73.8 Å². The third-order valence-electron chi connectivity index (χ3n) is 6.51. The molecule has 3 aromatic rings. The van der Waals surface area contributed by atoms with Crippen molar-refractivity contribution in [2.24, 2.45) is 5.73 Å². The SMILES string of the molecule is COC(=O)[C@@](N)(CCSC)C(=O)c1ccc(C2OCC(c3ccccc3)O2)cc1-c1ccccc1C. The number of ether oxygens (including phenoxy) is 3. The Bertz CT molecular complexity index is 1230. The Morgan fingerprint density at radius 1 is 1.03 bits per heavy atom. The largest absolute Gasteiger partial charge is 0.467 e. The number of aryl methyl sites for hydroxylation is 1. The number of carbonyl (C=O) groups is 2. The Morgan fingerprint density at radius 3 is 2.44 bits per heavy atom. The average Bonchev–Trinajstić information content (AvgIpc) is 3.42. The molecule has 0 amide bonds. The Kier molecular flexibility index (Phi) is 8.26. The summed E-state index contributed by atoms with van der Waals surface area (Å²) in [5.74, 6) is -0.669. The predicted molar refractivity (Wildman–Crippen MR) is 142 cm³/mol. The number of carbonyl (C=O) groups excluding carboxylic acids is 2. The van der Waals surface area contributed by atoms with Crippen molar-refractivity contribution in [3.8, 4) is 11.1 Å². The molecule has 6 nitrogen and oxygen atoms in total. The van der Waals surface area contributed by atoms with E-state index in [0.29, 0.717) is 23.5 Å². The van der Waals surface area contributed by atoms with E-state index in [9.17, 15) is 9.59 Å². The third-order valence-corrected chi connectivity index (χ3v) is 7.12. The van der Waals surface area contributed by atoms with Crippen LogP contribution in [0.5, 0.6) is 0 Å². The average molecular weight is 506 g/mol. The van der Waals surface area contributed by atoms with Crippen LogP contribution in [0.2, 0.25) is 0 Å². The Hall–Kier alpha value is -2.97. The van der Waals surface area contributed by atoms with Crippen LogP contribution < -0.4 is 5.73 Å². The van der Waals surface area contributed by atoms with Crippen molar-refractivity contribution < 1.29 is 23.8 Å². The minimum atomic E-state index is -1.78. The number of benzene rings is 3. The summed E-state index contributed by atoms with van der Waals surface area (Å²) in [7, 11) is 1.25. The van der Waals surface area contributed by atoms with Gasteiger partial charge in [0.2, 0.25) is 0 Å². The van der Waals surface area contributed by atoms with E-state index >= 15 is 0 Å². The summed E-state index contributed by atoms with van der Waals surface area (Å²) in [5.41, 5.74) is 9.40. The Balaban J connectivity index is 1.75. The predicted octanol–water partition coefficient (Wildman–Crippen LogP) is 5.26. The number of ketones is 1. The van der Waals surface area contributed by atoms with Gasteiger partial charge in [-0.05, 0) is 53.7 Å². The maximum absolute atomic E-state index is 13.9. The number of Topliss-reactive ketones (excluding diaryl/α,β-unsaturated/α-hetero) is 1. The Morgan fingerprint density at radius 2 is 1.75 bits per heavy atom. The lowest BCUT2D eigenvalue weighted by Crippen LogP contribution is -2.56. The number of methoxy groups -OCH3 is 1. The highest BCUT2D eigenvalue weighted by Crippen LogP contribution is 2.38. The minimum Gasteiger partial charge on any atom is -0.467 e. The maximum atomic E-state index is 13.9. The second-order valence-electron chi connectivity index (χ2n) is 8.86. The number of rotatable bonds is 9. The van der Waals surface area contributed by atoms with Crippen LogP contribution in [0, 0.1) is 6.92 Å². The molecule has 2 N–H and O–H groups in total. The molecule has 1 aliphatic rings. The molecule has 188 valence electrons. The van der Waals surface area contributed by atoms with Crippen LogP contribution >= 0.6 is 11.8 Å². The van der Waals surface area contributed by atoms with Gasteiger partial charge >= 0.3 is 5.97 Å². The van der Waals surface area contributed by atoms with E-state index in [4.69, 9.17) is 19.9 Å². The highest BCUT2D eigenvalue weighted by atomic mass is 32.2. The molecule has 4 rings (SSSR count). The van der Waals surface area contributed by atoms with Crippen LogP contribution in [-0.4, -0.2) is 43.0 Å². The number of hydrogen-bond acceptors (Lipinski definition) is 7. The molecule has 1 heterocycles. The van der Waals surface area contributed by atoms with E-state index in [0.717, 1.165) is 22.3 Å². The van der Waals surface area contributed by atoms with Crippen LogP contribution in [0.1, 0.15) is 45.9 Å². The van der Waals surface area contributed by atoms with Gasteiger partial charge in [-0.15, -0.1) is 0 Å². The van der Waals surface area contributed by atoms with Crippen molar-refractivity contribution in [3.05, 3.63) is 95.1 Å². The van der Waals surface area contributed by atoms with E-state index in [1.54, 1.807) is 12.1 Å². The highest BCUT2D eigenvalue weighted by molar-refractivity contribution is 7.98. The third kappa shape index (κ3) is 5.25. The first-order valence-electron chi connectivity index (χ1n) is 11.8. The van der Waals surface area contributed by atoms with E-state index in [1.165, 1.54) is 18.9 Å². The van der Waals surface area contributed by atoms with Crippen LogP contribution in [0.15, 0.2) is 72.8 Å². The summed E-state index contributed by atoms with van der Waals surface area (Å²) in [6.07, 6.45) is 1.31. The van der Waals surface area contributed by atoms with Crippen molar-refractivity contribution in [1.82, 2.24) is 0 Å². The van der Waals surface area contributed by atoms with Gasteiger partial charge in [0.1, 0.15) is 6.10 Å². The zero-order chi connectivity index (χ0) is 25.7. The molecule has 1 saturated heterocycles. The van der Waals surface area contributed by atoms with Crippen LogP contribution in [0.25, 0.3) is 11.1 Å². The van der Waals surface area contributed by atoms with Crippen molar-refractivity contribution in [2.75, 3.05) is 25.7 Å². The van der Waals surface area contributed by atoms with Gasteiger partial charge in [0.05, 0.1) is 13.7 Å². The smallest absolute Gasteiger partial charge is 0.334 e. The fraction of sp³-hybridized carbons (Fsp3) is 0.310. The maximum Gasteiger partial charge on any atom is 0.334 e. The molecular weight excluding hydrogens is 474 g/mol.